The zero-order valence-corrected chi connectivity index (χ0v) is 14.8. The summed E-state index contributed by atoms with van der Waals surface area (Å²) >= 11 is 7.66. The minimum atomic E-state index is -0.262. The molecule has 1 aliphatic heterocycles. The van der Waals surface area contributed by atoms with Crippen molar-refractivity contribution in [1.82, 2.24) is 19.1 Å². The second-order valence-corrected chi connectivity index (χ2v) is 6.56. The fraction of sp³-hybridized carbons (Fsp3) is 0.571. The lowest BCUT2D eigenvalue weighted by Crippen LogP contribution is -2.32. The van der Waals surface area contributed by atoms with E-state index in [1.165, 1.54) is 16.2 Å². The van der Waals surface area contributed by atoms with Crippen molar-refractivity contribution in [2.75, 3.05) is 36.0 Å². The molecule has 0 atom stereocenters. The van der Waals surface area contributed by atoms with E-state index in [1.54, 1.807) is 13.2 Å². The van der Waals surface area contributed by atoms with Gasteiger partial charge < -0.3 is 9.80 Å². The predicted octanol–water partition coefficient (Wildman–Crippen LogP) is 1.56. The maximum absolute atomic E-state index is 12.0. The topological polar surface area (TPSA) is 67.2 Å². The van der Waals surface area contributed by atoms with E-state index in [0.29, 0.717) is 5.69 Å². The third-order valence-electron chi connectivity index (χ3n) is 3.94. The Kier molecular flexibility index (Phi) is 4.82. The Labute approximate surface area is 143 Å². The van der Waals surface area contributed by atoms with Crippen LogP contribution in [0.3, 0.4) is 0 Å². The van der Waals surface area contributed by atoms with E-state index < -0.39 is 0 Å². The van der Waals surface area contributed by atoms with Crippen LogP contribution in [0.1, 0.15) is 19.2 Å². The molecule has 0 N–H and O–H groups in total. The van der Waals surface area contributed by atoms with Gasteiger partial charge in [0.25, 0.3) is 5.56 Å². The number of hydrogen-bond acceptors (Lipinski definition) is 7. The molecule has 1 saturated heterocycles. The summed E-state index contributed by atoms with van der Waals surface area (Å²) in [4.78, 5) is 20.9. The van der Waals surface area contributed by atoms with Crippen molar-refractivity contribution in [3.05, 3.63) is 27.4 Å². The molecule has 0 unspecified atom stereocenters. The lowest BCUT2D eigenvalue weighted by Gasteiger charge is -2.23. The lowest BCUT2D eigenvalue weighted by molar-refractivity contribution is 0.699. The van der Waals surface area contributed by atoms with E-state index in [0.717, 1.165) is 50.0 Å². The van der Waals surface area contributed by atoms with Crippen LogP contribution in [0.15, 0.2) is 11.0 Å². The van der Waals surface area contributed by atoms with Gasteiger partial charge in [-0.15, -0.1) is 0 Å². The van der Waals surface area contributed by atoms with E-state index in [2.05, 4.69) is 31.2 Å². The Balaban J connectivity index is 1.76. The molecule has 124 valence electrons. The standard InChI is InChI=1S/C14H19ClN6OS/c1-3-11-17-14(23-18-11)21-6-4-5-20(7-8-21)10-9-16-19(2)13(22)12(10)15/h9H,3-8H2,1-2H3. The van der Waals surface area contributed by atoms with Gasteiger partial charge in [0.2, 0.25) is 5.13 Å². The van der Waals surface area contributed by atoms with Crippen LogP contribution in [-0.4, -0.2) is 45.3 Å². The second kappa shape index (κ2) is 6.84. The van der Waals surface area contributed by atoms with Gasteiger partial charge in [0.05, 0.1) is 11.9 Å². The Morgan fingerprint density at radius 3 is 2.74 bits per heavy atom. The van der Waals surface area contributed by atoms with Gasteiger partial charge in [-0.2, -0.15) is 9.47 Å². The van der Waals surface area contributed by atoms with Gasteiger partial charge in [0.15, 0.2) is 0 Å². The Bertz CT molecular complexity index is 745. The number of rotatable bonds is 3. The van der Waals surface area contributed by atoms with Crippen LogP contribution in [0.5, 0.6) is 0 Å². The van der Waals surface area contributed by atoms with E-state index >= 15 is 0 Å². The highest BCUT2D eigenvalue weighted by molar-refractivity contribution is 7.09. The van der Waals surface area contributed by atoms with Crippen molar-refractivity contribution in [2.24, 2.45) is 7.05 Å². The van der Waals surface area contributed by atoms with Crippen molar-refractivity contribution >= 4 is 34.0 Å². The van der Waals surface area contributed by atoms with Gasteiger partial charge in [0, 0.05) is 51.2 Å². The van der Waals surface area contributed by atoms with Crippen molar-refractivity contribution in [3.63, 3.8) is 0 Å². The zero-order chi connectivity index (χ0) is 16.4. The molecule has 1 aliphatic rings. The Morgan fingerprint density at radius 2 is 2.00 bits per heavy atom. The highest BCUT2D eigenvalue weighted by Crippen LogP contribution is 2.24. The zero-order valence-electron chi connectivity index (χ0n) is 13.2. The van der Waals surface area contributed by atoms with Gasteiger partial charge >= 0.3 is 0 Å². The molecule has 1 fully saturated rings. The second-order valence-electron chi connectivity index (χ2n) is 5.45. The molecule has 0 bridgehead atoms. The van der Waals surface area contributed by atoms with Crippen molar-refractivity contribution < 1.29 is 0 Å². The van der Waals surface area contributed by atoms with E-state index in [-0.39, 0.29) is 10.6 Å². The SMILES string of the molecule is CCc1nsc(N2CCCN(c3cnn(C)c(=O)c3Cl)CC2)n1. The van der Waals surface area contributed by atoms with Crippen molar-refractivity contribution in [1.29, 1.82) is 0 Å². The van der Waals surface area contributed by atoms with Crippen LogP contribution in [0, 0.1) is 0 Å². The molecule has 0 amide bonds. The van der Waals surface area contributed by atoms with Crippen molar-refractivity contribution in [2.45, 2.75) is 19.8 Å². The molecular formula is C14H19ClN6OS. The largest absolute Gasteiger partial charge is 0.367 e. The summed E-state index contributed by atoms with van der Waals surface area (Å²) in [6.45, 7) is 5.41. The first-order valence-corrected chi connectivity index (χ1v) is 8.79. The fourth-order valence-corrected chi connectivity index (χ4v) is 3.68. The fourth-order valence-electron chi connectivity index (χ4n) is 2.59. The van der Waals surface area contributed by atoms with Gasteiger partial charge in [-0.3, -0.25) is 4.79 Å². The van der Waals surface area contributed by atoms with Crippen LogP contribution >= 0.6 is 23.1 Å². The molecular weight excluding hydrogens is 336 g/mol. The number of aryl methyl sites for hydroxylation is 2. The maximum Gasteiger partial charge on any atom is 0.287 e. The van der Waals surface area contributed by atoms with Crippen molar-refractivity contribution in [3.8, 4) is 0 Å². The summed E-state index contributed by atoms with van der Waals surface area (Å²) in [5.41, 5.74) is 0.449. The van der Waals surface area contributed by atoms with Gasteiger partial charge in [0.1, 0.15) is 10.8 Å². The minimum absolute atomic E-state index is 0.236. The molecule has 3 heterocycles. The van der Waals surface area contributed by atoms with Crippen LogP contribution in [0.2, 0.25) is 5.02 Å². The predicted molar refractivity (Wildman–Crippen MR) is 92.8 cm³/mol. The van der Waals surface area contributed by atoms with E-state index in [1.807, 2.05) is 0 Å². The number of nitrogens with zero attached hydrogens (tertiary/aromatic N) is 6. The third-order valence-corrected chi connectivity index (χ3v) is 5.11. The van der Waals surface area contributed by atoms with Crippen LogP contribution in [0.25, 0.3) is 0 Å². The smallest absolute Gasteiger partial charge is 0.287 e. The summed E-state index contributed by atoms with van der Waals surface area (Å²) < 4.78 is 5.61. The minimum Gasteiger partial charge on any atom is -0.367 e. The first-order chi connectivity index (χ1) is 11.1. The highest BCUT2D eigenvalue weighted by Gasteiger charge is 2.21. The lowest BCUT2D eigenvalue weighted by atomic mass is 10.3. The first kappa shape index (κ1) is 16.2. The maximum atomic E-state index is 12.0. The summed E-state index contributed by atoms with van der Waals surface area (Å²) in [5.74, 6) is 0.893. The summed E-state index contributed by atoms with van der Waals surface area (Å²) in [6, 6.07) is 0. The van der Waals surface area contributed by atoms with Gasteiger partial charge in [-0.25, -0.2) is 9.67 Å². The molecule has 0 spiro atoms. The van der Waals surface area contributed by atoms with E-state index in [9.17, 15) is 4.79 Å². The molecule has 23 heavy (non-hydrogen) atoms. The van der Waals surface area contributed by atoms with Gasteiger partial charge in [-0.1, -0.05) is 18.5 Å². The number of anilines is 2. The number of hydrogen-bond donors (Lipinski definition) is 0. The van der Waals surface area contributed by atoms with E-state index in [4.69, 9.17) is 11.6 Å². The Morgan fingerprint density at radius 1 is 1.26 bits per heavy atom. The monoisotopic (exact) mass is 354 g/mol. The van der Waals surface area contributed by atoms with Gasteiger partial charge in [-0.05, 0) is 6.42 Å². The summed E-state index contributed by atoms with van der Waals surface area (Å²) in [7, 11) is 1.60. The number of aromatic nitrogens is 4. The molecule has 2 aromatic rings. The summed E-state index contributed by atoms with van der Waals surface area (Å²) in [6.07, 6.45) is 3.48. The first-order valence-electron chi connectivity index (χ1n) is 7.64. The molecule has 0 aliphatic carbocycles. The van der Waals surface area contributed by atoms with Crippen LogP contribution < -0.4 is 15.4 Å². The molecule has 3 rings (SSSR count). The molecule has 2 aromatic heterocycles. The molecule has 9 heteroatoms. The molecule has 7 nitrogen and oxygen atoms in total. The number of halogens is 1. The molecule has 0 radical (unpaired) electrons. The highest BCUT2D eigenvalue weighted by atomic mass is 35.5. The quantitative estimate of drug-likeness (QED) is 0.833. The van der Waals surface area contributed by atoms with Crippen LogP contribution in [-0.2, 0) is 13.5 Å². The third kappa shape index (κ3) is 3.32. The normalized spacial score (nSPS) is 15.8. The van der Waals surface area contributed by atoms with Crippen LogP contribution in [0.4, 0.5) is 10.8 Å². The summed E-state index contributed by atoms with van der Waals surface area (Å²) in [5, 5.41) is 5.29. The molecule has 0 aromatic carbocycles. The average Bonchev–Trinajstić information content (AvgIpc) is 2.91. The molecule has 0 saturated carbocycles. The average molecular weight is 355 g/mol. The Hall–Kier alpha value is -1.67.